The largest absolute Gasteiger partial charge is 0.341 e. The molecule has 27 heavy (non-hydrogen) atoms. The number of benzene rings is 1. The SMILES string of the molecule is O=C(CN1C[C@@H]2CC[C@H](CC1=O)N2)N1CCC(Cc2ccc(F)cc2)CC1. The van der Waals surface area contributed by atoms with Crippen molar-refractivity contribution < 1.29 is 14.0 Å². The van der Waals surface area contributed by atoms with Gasteiger partial charge in [0.25, 0.3) is 0 Å². The van der Waals surface area contributed by atoms with Crippen LogP contribution in [-0.2, 0) is 16.0 Å². The second-order valence-corrected chi connectivity index (χ2v) is 8.27. The van der Waals surface area contributed by atoms with Crippen LogP contribution >= 0.6 is 0 Å². The number of carbonyl (C=O) groups is 2. The number of amides is 2. The van der Waals surface area contributed by atoms with E-state index >= 15 is 0 Å². The van der Waals surface area contributed by atoms with Crippen LogP contribution in [0.2, 0.25) is 0 Å². The molecular weight excluding hydrogens is 345 g/mol. The third-order valence-corrected chi connectivity index (χ3v) is 6.28. The molecule has 3 heterocycles. The summed E-state index contributed by atoms with van der Waals surface area (Å²) < 4.78 is 13.0. The molecule has 1 aromatic carbocycles. The van der Waals surface area contributed by atoms with Gasteiger partial charge in [-0.3, -0.25) is 9.59 Å². The minimum absolute atomic E-state index is 0.0707. The van der Waals surface area contributed by atoms with Crippen molar-refractivity contribution in [3.63, 3.8) is 0 Å². The number of nitrogens with zero attached hydrogens (tertiary/aromatic N) is 2. The third kappa shape index (κ3) is 4.49. The van der Waals surface area contributed by atoms with Crippen LogP contribution in [0.25, 0.3) is 0 Å². The van der Waals surface area contributed by atoms with Crippen molar-refractivity contribution in [1.29, 1.82) is 0 Å². The van der Waals surface area contributed by atoms with Crippen molar-refractivity contribution in [3.05, 3.63) is 35.6 Å². The molecule has 0 aromatic heterocycles. The maximum absolute atomic E-state index is 13.0. The van der Waals surface area contributed by atoms with Gasteiger partial charge < -0.3 is 15.1 Å². The molecule has 6 heteroatoms. The van der Waals surface area contributed by atoms with Crippen LogP contribution in [-0.4, -0.2) is 59.9 Å². The van der Waals surface area contributed by atoms with Gasteiger partial charge in [-0.15, -0.1) is 0 Å². The van der Waals surface area contributed by atoms with Crippen molar-refractivity contribution in [2.24, 2.45) is 5.92 Å². The van der Waals surface area contributed by atoms with Crippen molar-refractivity contribution in [2.75, 3.05) is 26.2 Å². The van der Waals surface area contributed by atoms with Crippen molar-refractivity contribution in [3.8, 4) is 0 Å². The van der Waals surface area contributed by atoms with Crippen LogP contribution in [0.1, 0.15) is 37.7 Å². The lowest BCUT2D eigenvalue weighted by atomic mass is 9.90. The first kappa shape index (κ1) is 18.4. The lowest BCUT2D eigenvalue weighted by Crippen LogP contribution is -2.47. The van der Waals surface area contributed by atoms with Gasteiger partial charge in [-0.25, -0.2) is 4.39 Å². The van der Waals surface area contributed by atoms with Gasteiger partial charge in [-0.2, -0.15) is 0 Å². The Morgan fingerprint density at radius 3 is 2.52 bits per heavy atom. The highest BCUT2D eigenvalue weighted by atomic mass is 19.1. The summed E-state index contributed by atoms with van der Waals surface area (Å²) in [6, 6.07) is 7.35. The van der Waals surface area contributed by atoms with E-state index in [-0.39, 0.29) is 24.2 Å². The molecular formula is C21H28FN3O2. The summed E-state index contributed by atoms with van der Waals surface area (Å²) in [5, 5.41) is 3.49. The van der Waals surface area contributed by atoms with Crippen LogP contribution in [0, 0.1) is 11.7 Å². The molecule has 0 saturated carbocycles. The molecule has 2 atom stereocenters. The van der Waals surface area contributed by atoms with E-state index in [2.05, 4.69) is 5.32 Å². The Balaban J connectivity index is 1.26. The molecule has 146 valence electrons. The number of hydrogen-bond donors (Lipinski definition) is 1. The summed E-state index contributed by atoms with van der Waals surface area (Å²) >= 11 is 0. The molecule has 4 rings (SSSR count). The number of fused-ring (bicyclic) bond motifs is 2. The van der Waals surface area contributed by atoms with Gasteiger partial charge >= 0.3 is 0 Å². The number of rotatable bonds is 4. The molecule has 2 amide bonds. The summed E-state index contributed by atoms with van der Waals surface area (Å²) in [6.07, 6.45) is 5.54. The number of halogens is 1. The van der Waals surface area contributed by atoms with Crippen LogP contribution in [0.3, 0.4) is 0 Å². The van der Waals surface area contributed by atoms with Crippen molar-refractivity contribution >= 4 is 11.8 Å². The molecule has 3 aliphatic rings. The Hall–Kier alpha value is -1.95. The highest BCUT2D eigenvalue weighted by Crippen LogP contribution is 2.24. The quantitative estimate of drug-likeness (QED) is 0.878. The second kappa shape index (κ2) is 7.97. The zero-order chi connectivity index (χ0) is 18.8. The molecule has 0 spiro atoms. The predicted octanol–water partition coefficient (Wildman–Crippen LogP) is 1.96. The molecule has 5 nitrogen and oxygen atoms in total. The van der Waals surface area contributed by atoms with Gasteiger partial charge in [0.05, 0.1) is 6.54 Å². The van der Waals surface area contributed by atoms with E-state index in [1.165, 1.54) is 12.1 Å². The number of piperidine rings is 1. The van der Waals surface area contributed by atoms with Gasteiger partial charge in [0.15, 0.2) is 0 Å². The smallest absolute Gasteiger partial charge is 0.242 e. The summed E-state index contributed by atoms with van der Waals surface area (Å²) in [7, 11) is 0. The number of likely N-dealkylation sites (tertiary alicyclic amines) is 2. The summed E-state index contributed by atoms with van der Waals surface area (Å²) in [5.74, 6) is 0.500. The number of hydrogen-bond acceptors (Lipinski definition) is 3. The fourth-order valence-electron chi connectivity index (χ4n) is 4.67. The first-order valence-corrected chi connectivity index (χ1v) is 10.1. The zero-order valence-electron chi connectivity index (χ0n) is 15.7. The Morgan fingerprint density at radius 2 is 1.78 bits per heavy atom. The maximum atomic E-state index is 13.0. The van der Waals surface area contributed by atoms with Gasteiger partial charge in [-0.1, -0.05) is 12.1 Å². The normalized spacial score (nSPS) is 26.3. The molecule has 0 radical (unpaired) electrons. The Labute approximate surface area is 159 Å². The molecule has 3 saturated heterocycles. The van der Waals surface area contributed by atoms with E-state index in [1.54, 1.807) is 4.90 Å². The molecule has 1 N–H and O–H groups in total. The third-order valence-electron chi connectivity index (χ3n) is 6.28. The lowest BCUT2D eigenvalue weighted by molar-refractivity contribution is -0.141. The average molecular weight is 373 g/mol. The van der Waals surface area contributed by atoms with E-state index in [0.717, 1.165) is 50.8 Å². The maximum Gasteiger partial charge on any atom is 0.242 e. The molecule has 0 unspecified atom stereocenters. The minimum atomic E-state index is -0.203. The minimum Gasteiger partial charge on any atom is -0.341 e. The number of nitrogens with one attached hydrogen (secondary N) is 1. The van der Waals surface area contributed by atoms with Crippen molar-refractivity contribution in [2.45, 2.75) is 50.6 Å². The monoisotopic (exact) mass is 373 g/mol. The lowest BCUT2D eigenvalue weighted by Gasteiger charge is -2.34. The fraction of sp³-hybridized carbons (Fsp3) is 0.619. The van der Waals surface area contributed by atoms with Crippen LogP contribution in [0.15, 0.2) is 24.3 Å². The summed E-state index contributed by atoms with van der Waals surface area (Å²) in [6.45, 7) is 2.36. The molecule has 0 aliphatic carbocycles. The Morgan fingerprint density at radius 1 is 1.07 bits per heavy atom. The predicted molar refractivity (Wildman–Crippen MR) is 101 cm³/mol. The standard InChI is InChI=1S/C21H28FN3O2/c22-17-3-1-15(2-4-17)11-16-7-9-24(10-8-16)21(27)14-25-13-19-6-5-18(23-19)12-20(25)26/h1-4,16,18-19,23H,5-14H2/t18-,19+/m1/s1. The topological polar surface area (TPSA) is 52.7 Å². The van der Waals surface area contributed by atoms with E-state index in [0.29, 0.717) is 31.0 Å². The van der Waals surface area contributed by atoms with E-state index in [4.69, 9.17) is 0 Å². The highest BCUT2D eigenvalue weighted by molar-refractivity contribution is 5.85. The van der Waals surface area contributed by atoms with Crippen LogP contribution in [0.4, 0.5) is 4.39 Å². The van der Waals surface area contributed by atoms with Gasteiger partial charge in [0.1, 0.15) is 5.82 Å². The molecule has 3 aliphatic heterocycles. The zero-order valence-corrected chi connectivity index (χ0v) is 15.7. The van der Waals surface area contributed by atoms with E-state index in [9.17, 15) is 14.0 Å². The Kier molecular flexibility index (Phi) is 5.43. The summed E-state index contributed by atoms with van der Waals surface area (Å²) in [5.41, 5.74) is 1.15. The first-order valence-electron chi connectivity index (χ1n) is 10.1. The summed E-state index contributed by atoms with van der Waals surface area (Å²) in [4.78, 5) is 28.8. The van der Waals surface area contributed by atoms with E-state index in [1.807, 2.05) is 17.0 Å². The Bertz CT molecular complexity index is 685. The first-order chi connectivity index (χ1) is 13.1. The van der Waals surface area contributed by atoms with Gasteiger partial charge in [-0.05, 0) is 55.7 Å². The van der Waals surface area contributed by atoms with Crippen molar-refractivity contribution in [1.82, 2.24) is 15.1 Å². The highest BCUT2D eigenvalue weighted by Gasteiger charge is 2.35. The average Bonchev–Trinajstić information content (AvgIpc) is 3.03. The molecule has 2 bridgehead atoms. The second-order valence-electron chi connectivity index (χ2n) is 8.27. The molecule has 3 fully saturated rings. The van der Waals surface area contributed by atoms with Crippen LogP contribution < -0.4 is 5.32 Å². The van der Waals surface area contributed by atoms with E-state index < -0.39 is 0 Å². The van der Waals surface area contributed by atoms with Crippen LogP contribution in [0.5, 0.6) is 0 Å². The molecule has 1 aromatic rings. The van der Waals surface area contributed by atoms with Gasteiger partial charge in [0, 0.05) is 38.1 Å². The fourth-order valence-corrected chi connectivity index (χ4v) is 4.67. The van der Waals surface area contributed by atoms with Gasteiger partial charge in [0.2, 0.25) is 11.8 Å². The number of carbonyl (C=O) groups excluding carboxylic acids is 2.